The van der Waals surface area contributed by atoms with Crippen LogP contribution in [0.4, 0.5) is 13.2 Å². The van der Waals surface area contributed by atoms with Gasteiger partial charge in [0.2, 0.25) is 5.43 Å². The summed E-state index contributed by atoms with van der Waals surface area (Å²) in [6.45, 7) is 7.29. The van der Waals surface area contributed by atoms with Crippen molar-refractivity contribution in [3.8, 4) is 5.69 Å². The van der Waals surface area contributed by atoms with Crippen LogP contribution in [0, 0.1) is 20.8 Å². The smallest absolute Gasteiger partial charge is 0.285 e. The Morgan fingerprint density at radius 1 is 1.06 bits per heavy atom. The van der Waals surface area contributed by atoms with Gasteiger partial charge in [0.05, 0.1) is 11.2 Å². The molecular formula is C25H20ClF3N4O. The molecule has 0 amide bonds. The van der Waals surface area contributed by atoms with Crippen LogP contribution in [0.1, 0.15) is 40.7 Å². The van der Waals surface area contributed by atoms with E-state index in [0.29, 0.717) is 21.7 Å². The van der Waals surface area contributed by atoms with E-state index in [9.17, 15) is 18.0 Å². The van der Waals surface area contributed by atoms with E-state index in [1.54, 1.807) is 29.8 Å². The quantitative estimate of drug-likeness (QED) is 0.341. The van der Waals surface area contributed by atoms with Crippen LogP contribution in [-0.2, 0) is 6.18 Å². The fraction of sp³-hybridized carbons (Fsp3) is 0.200. The van der Waals surface area contributed by atoms with E-state index in [1.165, 1.54) is 6.07 Å². The third-order valence-electron chi connectivity index (χ3n) is 5.52. The minimum absolute atomic E-state index is 0.137. The second-order valence-corrected chi connectivity index (χ2v) is 8.52. The van der Waals surface area contributed by atoms with Crippen LogP contribution in [-0.4, -0.2) is 19.7 Å². The zero-order valence-electron chi connectivity index (χ0n) is 18.8. The van der Waals surface area contributed by atoms with Crippen molar-refractivity contribution < 1.29 is 13.2 Å². The molecular weight excluding hydrogens is 465 g/mol. The lowest BCUT2D eigenvalue weighted by Crippen LogP contribution is -2.19. The van der Waals surface area contributed by atoms with Crippen LogP contribution in [0.2, 0.25) is 5.02 Å². The molecule has 0 unspecified atom stereocenters. The van der Waals surface area contributed by atoms with Crippen LogP contribution >= 0.6 is 11.6 Å². The summed E-state index contributed by atoms with van der Waals surface area (Å²) in [5, 5.41) is 5.21. The number of hydrogen-bond acceptors (Lipinski definition) is 4. The number of benzene rings is 1. The first-order valence-corrected chi connectivity index (χ1v) is 10.7. The van der Waals surface area contributed by atoms with E-state index < -0.39 is 11.9 Å². The van der Waals surface area contributed by atoms with Crippen molar-refractivity contribution in [2.24, 2.45) is 0 Å². The number of pyridine rings is 2. The molecule has 3 aromatic heterocycles. The number of aryl methyl sites for hydroxylation is 3. The Labute approximate surface area is 198 Å². The van der Waals surface area contributed by atoms with E-state index in [0.717, 1.165) is 34.8 Å². The lowest BCUT2D eigenvalue weighted by atomic mass is 10.1. The number of halogens is 4. The lowest BCUT2D eigenvalue weighted by molar-refractivity contribution is -0.141. The van der Waals surface area contributed by atoms with Crippen LogP contribution < -0.4 is 5.43 Å². The highest BCUT2D eigenvalue weighted by Gasteiger charge is 2.32. The van der Waals surface area contributed by atoms with Crippen molar-refractivity contribution in [1.29, 1.82) is 0 Å². The van der Waals surface area contributed by atoms with Crippen molar-refractivity contribution in [2.45, 2.75) is 33.9 Å². The Hall–Kier alpha value is -3.52. The largest absolute Gasteiger partial charge is 0.433 e. The maximum absolute atomic E-state index is 13.4. The summed E-state index contributed by atoms with van der Waals surface area (Å²) in [7, 11) is 0. The molecule has 0 aliphatic heterocycles. The minimum Gasteiger partial charge on any atom is -0.285 e. The number of hydrogen-bond donors (Lipinski definition) is 0. The maximum atomic E-state index is 13.4. The molecule has 3 heterocycles. The molecule has 0 radical (unpaired) electrons. The van der Waals surface area contributed by atoms with Gasteiger partial charge in [0.15, 0.2) is 0 Å². The van der Waals surface area contributed by atoms with Crippen molar-refractivity contribution in [2.75, 3.05) is 0 Å². The third kappa shape index (κ3) is 4.46. The number of nitrogens with zero attached hydrogens (tertiary/aromatic N) is 4. The second-order valence-electron chi connectivity index (χ2n) is 8.08. The van der Waals surface area contributed by atoms with Gasteiger partial charge in [0, 0.05) is 16.9 Å². The number of alkyl halides is 3. The normalized spacial score (nSPS) is 12.4. The first-order valence-electron chi connectivity index (χ1n) is 10.4. The second kappa shape index (κ2) is 8.68. The third-order valence-corrected chi connectivity index (χ3v) is 5.76. The summed E-state index contributed by atoms with van der Waals surface area (Å²) >= 11 is 6.13. The minimum atomic E-state index is -4.52. The number of fused-ring (bicyclic) bond motifs is 1. The zero-order valence-corrected chi connectivity index (χ0v) is 19.6. The summed E-state index contributed by atoms with van der Waals surface area (Å²) in [6, 6.07) is 9.41. The fourth-order valence-electron chi connectivity index (χ4n) is 3.61. The predicted molar refractivity (Wildman–Crippen MR) is 127 cm³/mol. The van der Waals surface area contributed by atoms with Crippen molar-refractivity contribution >= 4 is 34.3 Å². The van der Waals surface area contributed by atoms with Gasteiger partial charge in [-0.1, -0.05) is 17.7 Å². The van der Waals surface area contributed by atoms with E-state index in [2.05, 4.69) is 15.1 Å². The first kappa shape index (κ1) is 23.6. The molecule has 0 atom stereocenters. The highest BCUT2D eigenvalue weighted by molar-refractivity contribution is 6.30. The lowest BCUT2D eigenvalue weighted by Gasteiger charge is -2.15. The van der Waals surface area contributed by atoms with Gasteiger partial charge in [-0.05, 0) is 86.4 Å². The molecule has 0 spiro atoms. The molecule has 0 fully saturated rings. The van der Waals surface area contributed by atoms with Crippen molar-refractivity contribution in [3.63, 3.8) is 0 Å². The Morgan fingerprint density at radius 3 is 2.41 bits per heavy atom. The number of allylic oxidation sites excluding steroid dienone is 1. The molecule has 1 aromatic carbocycles. The molecule has 9 heteroatoms. The zero-order chi connectivity index (χ0) is 24.8. The van der Waals surface area contributed by atoms with E-state index in [4.69, 9.17) is 11.6 Å². The molecule has 4 aromatic rings. The average molecular weight is 485 g/mol. The van der Waals surface area contributed by atoms with Crippen LogP contribution in [0.25, 0.3) is 28.4 Å². The van der Waals surface area contributed by atoms with Gasteiger partial charge >= 0.3 is 6.18 Å². The summed E-state index contributed by atoms with van der Waals surface area (Å²) in [6.07, 6.45) is -1.84. The van der Waals surface area contributed by atoms with Crippen LogP contribution in [0.15, 0.2) is 47.4 Å². The van der Waals surface area contributed by atoms with E-state index in [1.807, 2.05) is 32.9 Å². The standard InChI is InChI=1S/C25H20ClF3N4O/c1-13-11-20-23(31-16(13)4)24(34)22(32-33(20)19-7-6-18(26)10-14(19)2)15(3)9-17-5-8-21(30-12-17)25(27,28)29/h5-12H,1-4H3/b15-9+. The van der Waals surface area contributed by atoms with Gasteiger partial charge in [-0.2, -0.15) is 18.3 Å². The Balaban J connectivity index is 1.94. The van der Waals surface area contributed by atoms with Crippen LogP contribution in [0.3, 0.4) is 0 Å². The van der Waals surface area contributed by atoms with Gasteiger partial charge < -0.3 is 0 Å². The molecule has 174 valence electrons. The highest BCUT2D eigenvalue weighted by Crippen LogP contribution is 2.28. The summed E-state index contributed by atoms with van der Waals surface area (Å²) in [4.78, 5) is 21.4. The van der Waals surface area contributed by atoms with Gasteiger partial charge in [-0.3, -0.25) is 9.78 Å². The maximum Gasteiger partial charge on any atom is 0.433 e. The topological polar surface area (TPSA) is 60.7 Å². The molecule has 5 nitrogen and oxygen atoms in total. The summed E-state index contributed by atoms with van der Waals surface area (Å²) in [5.41, 5.74) is 3.66. The molecule has 0 saturated heterocycles. The fourth-order valence-corrected chi connectivity index (χ4v) is 3.83. The highest BCUT2D eigenvalue weighted by atomic mass is 35.5. The van der Waals surface area contributed by atoms with Gasteiger partial charge in [0.25, 0.3) is 0 Å². The summed E-state index contributed by atoms with van der Waals surface area (Å²) < 4.78 is 40.1. The Bertz CT molecular complexity index is 1510. The van der Waals surface area contributed by atoms with Gasteiger partial charge in [0.1, 0.15) is 16.9 Å². The molecule has 34 heavy (non-hydrogen) atoms. The molecule has 0 aliphatic carbocycles. The van der Waals surface area contributed by atoms with E-state index in [-0.39, 0.29) is 16.6 Å². The predicted octanol–water partition coefficient (Wildman–Crippen LogP) is 6.33. The Kier molecular flexibility index (Phi) is 6.03. The molecule has 0 saturated carbocycles. The van der Waals surface area contributed by atoms with Crippen LogP contribution in [0.5, 0.6) is 0 Å². The summed E-state index contributed by atoms with van der Waals surface area (Å²) in [5.74, 6) is 0. The molecule has 0 bridgehead atoms. The monoisotopic (exact) mass is 484 g/mol. The SMILES string of the molecule is C/C(=C\c1ccc(C(F)(F)F)nc1)c1nn(-c2ccc(Cl)cc2C)c2cc(C)c(C)nc2c1=O. The Morgan fingerprint density at radius 2 is 1.79 bits per heavy atom. The van der Waals surface area contributed by atoms with E-state index >= 15 is 0 Å². The molecule has 4 rings (SSSR count). The average Bonchev–Trinajstić information content (AvgIpc) is 2.76. The molecule has 0 aliphatic rings. The van der Waals surface area contributed by atoms with Gasteiger partial charge in [-0.15, -0.1) is 0 Å². The first-order chi connectivity index (χ1) is 16.0. The number of rotatable bonds is 3. The van der Waals surface area contributed by atoms with Gasteiger partial charge in [-0.25, -0.2) is 9.67 Å². The number of aromatic nitrogens is 4. The van der Waals surface area contributed by atoms with Crippen molar-refractivity contribution in [1.82, 2.24) is 19.7 Å². The van der Waals surface area contributed by atoms with Crippen molar-refractivity contribution in [3.05, 3.63) is 91.6 Å². The molecule has 0 N–H and O–H groups in total.